The van der Waals surface area contributed by atoms with Gasteiger partial charge in [0.1, 0.15) is 4.90 Å². The summed E-state index contributed by atoms with van der Waals surface area (Å²) in [6.07, 6.45) is 2.75. The summed E-state index contributed by atoms with van der Waals surface area (Å²) in [7, 11) is -3.67. The predicted molar refractivity (Wildman–Crippen MR) is 79.1 cm³/mol. The van der Waals surface area contributed by atoms with Crippen LogP contribution in [0.15, 0.2) is 23.4 Å². The summed E-state index contributed by atoms with van der Waals surface area (Å²) in [5, 5.41) is 0. The van der Waals surface area contributed by atoms with E-state index < -0.39 is 10.0 Å². The molecule has 1 aromatic heterocycles. The van der Waals surface area contributed by atoms with Crippen LogP contribution in [0.3, 0.4) is 0 Å². The van der Waals surface area contributed by atoms with Crippen LogP contribution in [0, 0.1) is 0 Å². The highest BCUT2D eigenvalue weighted by molar-refractivity contribution is 7.89. The molecule has 2 heterocycles. The third-order valence-electron chi connectivity index (χ3n) is 3.22. The number of nitrogens with zero attached hydrogens (tertiary/aromatic N) is 2. The molecule has 1 aromatic rings. The first-order chi connectivity index (χ1) is 10.0. The van der Waals surface area contributed by atoms with Gasteiger partial charge in [-0.2, -0.15) is 0 Å². The summed E-state index contributed by atoms with van der Waals surface area (Å²) in [5.41, 5.74) is 2.69. The second kappa shape index (κ2) is 7.14. The van der Waals surface area contributed by atoms with Crippen LogP contribution in [0.1, 0.15) is 6.92 Å². The summed E-state index contributed by atoms with van der Waals surface area (Å²) in [4.78, 5) is 6.05. The third kappa shape index (κ3) is 4.35. The van der Waals surface area contributed by atoms with Crippen molar-refractivity contribution in [2.45, 2.75) is 17.9 Å². The van der Waals surface area contributed by atoms with Crippen molar-refractivity contribution in [2.24, 2.45) is 5.84 Å². The summed E-state index contributed by atoms with van der Waals surface area (Å²) in [6, 6.07) is 1.29. The van der Waals surface area contributed by atoms with Crippen LogP contribution in [-0.2, 0) is 14.8 Å². The van der Waals surface area contributed by atoms with Gasteiger partial charge in [0.2, 0.25) is 10.0 Å². The van der Waals surface area contributed by atoms with Crippen LogP contribution < -0.4 is 16.0 Å². The highest BCUT2D eigenvalue weighted by atomic mass is 32.2. The van der Waals surface area contributed by atoms with Gasteiger partial charge in [-0.3, -0.25) is 15.7 Å². The van der Waals surface area contributed by atoms with E-state index in [2.05, 4.69) is 20.0 Å². The molecule has 0 aliphatic carbocycles. The number of anilines is 1. The highest BCUT2D eigenvalue weighted by Gasteiger charge is 2.22. The Kier molecular flexibility index (Phi) is 5.48. The van der Waals surface area contributed by atoms with E-state index in [1.807, 2.05) is 6.92 Å². The quantitative estimate of drug-likeness (QED) is 0.473. The molecule has 0 spiro atoms. The van der Waals surface area contributed by atoms with Crippen LogP contribution in [0.25, 0.3) is 0 Å². The largest absolute Gasteiger partial charge is 0.379 e. The molecule has 0 amide bonds. The van der Waals surface area contributed by atoms with E-state index >= 15 is 0 Å². The topological polar surface area (TPSA) is 110 Å². The molecule has 2 rings (SSSR count). The maximum atomic E-state index is 12.4. The zero-order chi connectivity index (χ0) is 15.3. The minimum atomic E-state index is -3.67. The number of sulfonamides is 1. The Morgan fingerprint density at radius 3 is 2.86 bits per heavy atom. The normalized spacial score (nSPS) is 18.4. The van der Waals surface area contributed by atoms with Gasteiger partial charge in [0.15, 0.2) is 0 Å². The molecular weight excluding hydrogens is 294 g/mol. The van der Waals surface area contributed by atoms with Crippen LogP contribution in [0.4, 0.5) is 5.69 Å². The number of rotatable bonds is 6. The standard InChI is InChI=1S/C12H21N5O3S/c1-10(9-17-4-6-20-7-5-17)16-21(18,19)12-8-14-3-2-11(12)15-13/h2-3,8,10,16H,4-7,9,13H2,1H3,(H,14,15). The molecule has 4 N–H and O–H groups in total. The SMILES string of the molecule is CC(CN1CCOCC1)NS(=O)(=O)c1cnccc1NN. The van der Waals surface area contributed by atoms with E-state index in [0.717, 1.165) is 13.1 Å². The number of hydrazine groups is 1. The molecule has 0 radical (unpaired) electrons. The molecule has 0 saturated carbocycles. The van der Waals surface area contributed by atoms with Crippen molar-refractivity contribution < 1.29 is 13.2 Å². The maximum absolute atomic E-state index is 12.4. The molecule has 9 heteroatoms. The molecule has 21 heavy (non-hydrogen) atoms. The Labute approximate surface area is 124 Å². The number of aromatic nitrogens is 1. The Morgan fingerprint density at radius 2 is 2.19 bits per heavy atom. The highest BCUT2D eigenvalue weighted by Crippen LogP contribution is 2.18. The molecule has 0 bridgehead atoms. The summed E-state index contributed by atoms with van der Waals surface area (Å²) >= 11 is 0. The predicted octanol–water partition coefficient (Wildman–Crippen LogP) is -0.634. The average molecular weight is 315 g/mol. The average Bonchev–Trinajstić information content (AvgIpc) is 2.47. The lowest BCUT2D eigenvalue weighted by molar-refractivity contribution is 0.0354. The molecule has 1 aliphatic rings. The lowest BCUT2D eigenvalue weighted by Crippen LogP contribution is -2.46. The lowest BCUT2D eigenvalue weighted by atomic mass is 10.3. The number of nitrogens with two attached hydrogens (primary N) is 1. The third-order valence-corrected chi connectivity index (χ3v) is 4.84. The number of hydrogen-bond acceptors (Lipinski definition) is 7. The van der Waals surface area contributed by atoms with E-state index in [1.54, 1.807) is 0 Å². The zero-order valence-electron chi connectivity index (χ0n) is 11.9. The first-order valence-corrected chi connectivity index (χ1v) is 8.24. The second-order valence-electron chi connectivity index (χ2n) is 4.95. The molecule has 1 saturated heterocycles. The van der Waals surface area contributed by atoms with Crippen molar-refractivity contribution in [1.82, 2.24) is 14.6 Å². The van der Waals surface area contributed by atoms with Gasteiger partial charge in [-0.1, -0.05) is 0 Å². The Balaban J connectivity index is 2.02. The molecule has 8 nitrogen and oxygen atoms in total. The smallest absolute Gasteiger partial charge is 0.244 e. The van der Waals surface area contributed by atoms with Gasteiger partial charge in [0, 0.05) is 38.1 Å². The van der Waals surface area contributed by atoms with Crippen molar-refractivity contribution in [3.05, 3.63) is 18.5 Å². The first kappa shape index (κ1) is 16.1. The first-order valence-electron chi connectivity index (χ1n) is 6.76. The number of nitrogen functional groups attached to an aromatic ring is 1. The van der Waals surface area contributed by atoms with Crippen LogP contribution >= 0.6 is 0 Å². The molecule has 1 atom stereocenters. The Morgan fingerprint density at radius 1 is 1.48 bits per heavy atom. The van der Waals surface area contributed by atoms with E-state index in [0.29, 0.717) is 25.4 Å². The van der Waals surface area contributed by atoms with E-state index in [4.69, 9.17) is 10.6 Å². The fourth-order valence-electron chi connectivity index (χ4n) is 2.25. The van der Waals surface area contributed by atoms with Gasteiger partial charge < -0.3 is 10.2 Å². The van der Waals surface area contributed by atoms with Gasteiger partial charge in [-0.05, 0) is 13.0 Å². The molecule has 1 unspecified atom stereocenters. The minimum Gasteiger partial charge on any atom is -0.379 e. The fourth-order valence-corrected chi connectivity index (χ4v) is 3.60. The summed E-state index contributed by atoms with van der Waals surface area (Å²) in [5.74, 6) is 5.34. The van der Waals surface area contributed by atoms with E-state index in [1.165, 1.54) is 18.5 Å². The molecule has 1 aliphatic heterocycles. The maximum Gasteiger partial charge on any atom is 0.244 e. The summed E-state index contributed by atoms with van der Waals surface area (Å²) < 4.78 is 32.7. The number of pyridine rings is 1. The number of nitrogens with one attached hydrogen (secondary N) is 2. The molecule has 118 valence electrons. The number of ether oxygens (including phenoxy) is 1. The lowest BCUT2D eigenvalue weighted by Gasteiger charge is -2.29. The Bertz CT molecular complexity index is 560. The minimum absolute atomic E-state index is 0.0429. The van der Waals surface area contributed by atoms with Crippen molar-refractivity contribution in [2.75, 3.05) is 38.3 Å². The Hall–Kier alpha value is -1.26. The molecule has 0 aromatic carbocycles. The van der Waals surface area contributed by atoms with E-state index in [9.17, 15) is 8.42 Å². The monoisotopic (exact) mass is 315 g/mol. The van der Waals surface area contributed by atoms with Crippen molar-refractivity contribution >= 4 is 15.7 Å². The van der Waals surface area contributed by atoms with Crippen molar-refractivity contribution in [3.63, 3.8) is 0 Å². The van der Waals surface area contributed by atoms with Gasteiger partial charge >= 0.3 is 0 Å². The van der Waals surface area contributed by atoms with Gasteiger partial charge in [0.05, 0.1) is 18.9 Å². The van der Waals surface area contributed by atoms with Crippen LogP contribution in [-0.4, -0.2) is 57.2 Å². The summed E-state index contributed by atoms with van der Waals surface area (Å²) in [6.45, 7) is 5.46. The van der Waals surface area contributed by atoms with E-state index in [-0.39, 0.29) is 10.9 Å². The van der Waals surface area contributed by atoms with Crippen LogP contribution in [0.2, 0.25) is 0 Å². The number of hydrogen-bond donors (Lipinski definition) is 3. The second-order valence-corrected chi connectivity index (χ2v) is 6.63. The van der Waals surface area contributed by atoms with Gasteiger partial charge in [-0.25, -0.2) is 13.1 Å². The molecule has 1 fully saturated rings. The van der Waals surface area contributed by atoms with Gasteiger partial charge in [-0.15, -0.1) is 0 Å². The van der Waals surface area contributed by atoms with Crippen molar-refractivity contribution in [3.8, 4) is 0 Å². The zero-order valence-corrected chi connectivity index (χ0v) is 12.8. The molecular formula is C12H21N5O3S. The number of morpholine rings is 1. The fraction of sp³-hybridized carbons (Fsp3) is 0.583. The van der Waals surface area contributed by atoms with Gasteiger partial charge in [0.25, 0.3) is 0 Å². The van der Waals surface area contributed by atoms with Crippen LogP contribution in [0.5, 0.6) is 0 Å². The van der Waals surface area contributed by atoms with Crippen molar-refractivity contribution in [1.29, 1.82) is 0 Å².